The fraction of sp³-hybridized carbons (Fsp3) is 0.467. The van der Waals surface area contributed by atoms with Crippen molar-refractivity contribution < 1.29 is 13.5 Å². The third-order valence-corrected chi connectivity index (χ3v) is 4.61. The number of hydrogen-bond donors (Lipinski definition) is 2. The van der Waals surface area contributed by atoms with Gasteiger partial charge in [-0.2, -0.15) is 0 Å². The maximum Gasteiger partial charge on any atom is 0.240 e. The van der Waals surface area contributed by atoms with Gasteiger partial charge in [0.2, 0.25) is 10.0 Å². The molecule has 2 rings (SSSR count). The van der Waals surface area contributed by atoms with Crippen LogP contribution in [0.1, 0.15) is 31.2 Å². The number of rotatable bonds is 6. The Morgan fingerprint density at radius 3 is 2.85 bits per heavy atom. The van der Waals surface area contributed by atoms with E-state index in [1.165, 1.54) is 12.8 Å². The summed E-state index contributed by atoms with van der Waals surface area (Å²) in [6, 6.07) is 6.56. The summed E-state index contributed by atoms with van der Waals surface area (Å²) in [5.74, 6) is 6.32. The highest BCUT2D eigenvalue weighted by molar-refractivity contribution is 7.89. The second-order valence-electron chi connectivity index (χ2n) is 4.93. The van der Waals surface area contributed by atoms with Gasteiger partial charge in [-0.15, -0.1) is 0 Å². The number of aliphatic hydroxyl groups is 1. The summed E-state index contributed by atoms with van der Waals surface area (Å²) in [6.45, 7) is 0.501. The highest BCUT2D eigenvalue weighted by Gasteiger charge is 2.22. The quantitative estimate of drug-likeness (QED) is 0.781. The highest BCUT2D eigenvalue weighted by atomic mass is 32.2. The van der Waals surface area contributed by atoms with Crippen LogP contribution in [0.5, 0.6) is 0 Å². The molecular weight excluding hydrogens is 274 g/mol. The normalized spacial score (nSPS) is 14.7. The molecule has 0 unspecified atom stereocenters. The summed E-state index contributed by atoms with van der Waals surface area (Å²) in [4.78, 5) is 0.240. The fourth-order valence-corrected chi connectivity index (χ4v) is 2.94. The van der Waals surface area contributed by atoms with Crippen molar-refractivity contribution in [1.82, 2.24) is 4.72 Å². The van der Waals surface area contributed by atoms with E-state index in [1.54, 1.807) is 24.3 Å². The number of sulfonamides is 1. The summed E-state index contributed by atoms with van der Waals surface area (Å²) in [6.07, 6.45) is 3.74. The van der Waals surface area contributed by atoms with Crippen LogP contribution >= 0.6 is 0 Å². The van der Waals surface area contributed by atoms with Crippen molar-refractivity contribution in [2.24, 2.45) is 5.92 Å². The molecule has 5 heteroatoms. The lowest BCUT2D eigenvalue weighted by molar-refractivity contribution is 0.305. The van der Waals surface area contributed by atoms with Gasteiger partial charge in [0, 0.05) is 18.5 Å². The summed E-state index contributed by atoms with van der Waals surface area (Å²) in [5.41, 5.74) is 0.642. The molecule has 0 saturated heterocycles. The van der Waals surface area contributed by atoms with E-state index in [0.717, 1.165) is 6.42 Å². The minimum atomic E-state index is -3.45. The summed E-state index contributed by atoms with van der Waals surface area (Å²) < 4.78 is 26.9. The SMILES string of the molecule is O=S(=O)(NCCC1CC1)c1cccc(C#CCCO)c1. The average molecular weight is 293 g/mol. The van der Waals surface area contributed by atoms with Crippen LogP contribution in [0.15, 0.2) is 29.2 Å². The predicted molar refractivity (Wildman–Crippen MR) is 77.6 cm³/mol. The zero-order chi connectivity index (χ0) is 14.4. The monoisotopic (exact) mass is 293 g/mol. The van der Waals surface area contributed by atoms with Gasteiger partial charge >= 0.3 is 0 Å². The maximum absolute atomic E-state index is 12.1. The lowest BCUT2D eigenvalue weighted by Crippen LogP contribution is -2.25. The van der Waals surface area contributed by atoms with Gasteiger partial charge in [0.1, 0.15) is 0 Å². The summed E-state index contributed by atoms with van der Waals surface area (Å²) >= 11 is 0. The van der Waals surface area contributed by atoms with Gasteiger partial charge in [-0.1, -0.05) is 30.7 Å². The van der Waals surface area contributed by atoms with Crippen molar-refractivity contribution in [2.75, 3.05) is 13.2 Å². The van der Waals surface area contributed by atoms with Crippen LogP contribution in [0.2, 0.25) is 0 Å². The average Bonchev–Trinajstić information content (AvgIpc) is 3.23. The molecule has 0 radical (unpaired) electrons. The van der Waals surface area contributed by atoms with E-state index >= 15 is 0 Å². The molecule has 20 heavy (non-hydrogen) atoms. The molecule has 0 atom stereocenters. The van der Waals surface area contributed by atoms with Crippen molar-refractivity contribution in [3.63, 3.8) is 0 Å². The van der Waals surface area contributed by atoms with Crippen molar-refractivity contribution in [2.45, 2.75) is 30.6 Å². The Morgan fingerprint density at radius 1 is 1.35 bits per heavy atom. The minimum absolute atomic E-state index is 0.00765. The molecule has 0 bridgehead atoms. The van der Waals surface area contributed by atoms with E-state index in [2.05, 4.69) is 16.6 Å². The zero-order valence-electron chi connectivity index (χ0n) is 11.3. The Balaban J connectivity index is 2.02. The van der Waals surface area contributed by atoms with Crippen LogP contribution in [-0.2, 0) is 10.0 Å². The first kappa shape index (κ1) is 15.0. The number of benzene rings is 1. The Hall–Kier alpha value is -1.35. The topological polar surface area (TPSA) is 66.4 Å². The lowest BCUT2D eigenvalue weighted by Gasteiger charge is -2.06. The van der Waals surface area contributed by atoms with Crippen molar-refractivity contribution in [1.29, 1.82) is 0 Å². The highest BCUT2D eigenvalue weighted by Crippen LogP contribution is 2.31. The van der Waals surface area contributed by atoms with E-state index < -0.39 is 10.0 Å². The summed E-state index contributed by atoms with van der Waals surface area (Å²) in [5, 5.41) is 8.67. The number of nitrogens with one attached hydrogen (secondary N) is 1. The standard InChI is InChI=1S/C15H19NO3S/c17-11-2-1-4-14-5-3-6-15(12-14)20(18,19)16-10-9-13-7-8-13/h3,5-6,12-13,16-17H,2,7-11H2. The Morgan fingerprint density at radius 2 is 2.15 bits per heavy atom. The van der Waals surface area contributed by atoms with Crippen molar-refractivity contribution in [3.8, 4) is 11.8 Å². The molecular formula is C15H19NO3S. The Labute approximate surface area is 120 Å². The largest absolute Gasteiger partial charge is 0.395 e. The summed E-state index contributed by atoms with van der Waals surface area (Å²) in [7, 11) is -3.45. The van der Waals surface area contributed by atoms with E-state index in [0.29, 0.717) is 24.4 Å². The fourth-order valence-electron chi connectivity index (χ4n) is 1.85. The third-order valence-electron chi connectivity index (χ3n) is 3.16. The second-order valence-corrected chi connectivity index (χ2v) is 6.70. The zero-order valence-corrected chi connectivity index (χ0v) is 12.1. The maximum atomic E-state index is 12.1. The van der Waals surface area contributed by atoms with E-state index in [9.17, 15) is 8.42 Å². The van der Waals surface area contributed by atoms with Gasteiger partial charge in [-0.3, -0.25) is 0 Å². The van der Waals surface area contributed by atoms with Gasteiger partial charge in [0.15, 0.2) is 0 Å². The van der Waals surface area contributed by atoms with Crippen LogP contribution in [0.25, 0.3) is 0 Å². The molecule has 4 nitrogen and oxygen atoms in total. The molecule has 0 aliphatic heterocycles. The van der Waals surface area contributed by atoms with Crippen molar-refractivity contribution >= 4 is 10.0 Å². The predicted octanol–water partition coefficient (Wildman–Crippen LogP) is 1.50. The van der Waals surface area contributed by atoms with E-state index in [-0.39, 0.29) is 11.5 Å². The molecule has 0 spiro atoms. The molecule has 0 heterocycles. The van der Waals surface area contributed by atoms with Gasteiger partial charge in [0.05, 0.1) is 11.5 Å². The molecule has 0 aromatic heterocycles. The molecule has 1 saturated carbocycles. The van der Waals surface area contributed by atoms with Crippen LogP contribution in [0, 0.1) is 17.8 Å². The van der Waals surface area contributed by atoms with Gasteiger partial charge in [-0.25, -0.2) is 13.1 Å². The third kappa shape index (κ3) is 4.64. The van der Waals surface area contributed by atoms with Crippen LogP contribution in [-0.4, -0.2) is 26.7 Å². The molecule has 1 aliphatic rings. The van der Waals surface area contributed by atoms with Crippen LogP contribution in [0.4, 0.5) is 0 Å². The molecule has 0 amide bonds. The van der Waals surface area contributed by atoms with Crippen molar-refractivity contribution in [3.05, 3.63) is 29.8 Å². The Bertz CT molecular complexity index is 609. The minimum Gasteiger partial charge on any atom is -0.395 e. The second kappa shape index (κ2) is 6.89. The number of hydrogen-bond acceptors (Lipinski definition) is 3. The molecule has 1 aromatic rings. The van der Waals surface area contributed by atoms with Gasteiger partial charge in [0.25, 0.3) is 0 Å². The first-order valence-electron chi connectivity index (χ1n) is 6.81. The van der Waals surface area contributed by atoms with Gasteiger partial charge in [-0.05, 0) is 30.5 Å². The van der Waals surface area contributed by atoms with E-state index in [4.69, 9.17) is 5.11 Å². The molecule has 1 fully saturated rings. The Kier molecular flexibility index (Phi) is 5.18. The smallest absolute Gasteiger partial charge is 0.240 e. The number of aliphatic hydroxyl groups excluding tert-OH is 1. The lowest BCUT2D eigenvalue weighted by atomic mass is 10.2. The van der Waals surface area contributed by atoms with Crippen LogP contribution < -0.4 is 4.72 Å². The first-order chi connectivity index (χ1) is 9.62. The van der Waals surface area contributed by atoms with Gasteiger partial charge < -0.3 is 5.11 Å². The molecule has 108 valence electrons. The molecule has 2 N–H and O–H groups in total. The first-order valence-corrected chi connectivity index (χ1v) is 8.29. The molecule has 1 aliphatic carbocycles. The molecule has 1 aromatic carbocycles. The van der Waals surface area contributed by atoms with Crippen LogP contribution in [0.3, 0.4) is 0 Å². The van der Waals surface area contributed by atoms with E-state index in [1.807, 2.05) is 0 Å².